The monoisotopic (exact) mass is 211 g/mol. The second-order valence-electron chi connectivity index (χ2n) is 3.40. The van der Waals surface area contributed by atoms with Crippen molar-refractivity contribution in [2.75, 3.05) is 31.1 Å². The Bertz CT molecular complexity index is 295. The van der Waals surface area contributed by atoms with Gasteiger partial charge in [0.25, 0.3) is 0 Å². The summed E-state index contributed by atoms with van der Waals surface area (Å²) in [5.74, 6) is 0. The third-order valence-corrected chi connectivity index (χ3v) is 2.71. The van der Waals surface area contributed by atoms with Gasteiger partial charge in [-0.2, -0.15) is 0 Å². The van der Waals surface area contributed by atoms with Gasteiger partial charge in [0.2, 0.25) is 0 Å². The summed E-state index contributed by atoms with van der Waals surface area (Å²) in [7, 11) is 0. The third-order valence-electron chi connectivity index (χ3n) is 2.42. The Kier molecular flexibility index (Phi) is 3.22. The van der Waals surface area contributed by atoms with E-state index in [2.05, 4.69) is 15.2 Å². The molecule has 1 aliphatic heterocycles. The van der Waals surface area contributed by atoms with Crippen LogP contribution < -0.4 is 10.2 Å². The molecule has 0 atom stereocenters. The maximum absolute atomic E-state index is 6.04. The Morgan fingerprint density at radius 3 is 3.14 bits per heavy atom. The van der Waals surface area contributed by atoms with E-state index in [1.165, 1.54) is 0 Å². The second-order valence-corrected chi connectivity index (χ2v) is 3.76. The van der Waals surface area contributed by atoms with Crippen LogP contribution in [-0.2, 0) is 0 Å². The highest BCUT2D eigenvalue weighted by Crippen LogP contribution is 2.22. The van der Waals surface area contributed by atoms with E-state index < -0.39 is 0 Å². The smallest absolute Gasteiger partial charge is 0.152 e. The summed E-state index contributed by atoms with van der Waals surface area (Å²) in [5, 5.41) is 3.97. The fourth-order valence-corrected chi connectivity index (χ4v) is 1.94. The average Bonchev–Trinajstić information content (AvgIpc) is 2.47. The standard InChI is InChI=1S/C10H14ClN3/c11-10-9(3-1-5-13-10)14-7-2-4-12-6-8-14/h1,3,5,12H,2,4,6-8H2. The van der Waals surface area contributed by atoms with Crippen LogP contribution >= 0.6 is 11.6 Å². The highest BCUT2D eigenvalue weighted by Gasteiger charge is 2.12. The SMILES string of the molecule is Clc1ncccc1N1CCCNCC1. The lowest BCUT2D eigenvalue weighted by Gasteiger charge is -2.22. The molecule has 0 spiro atoms. The van der Waals surface area contributed by atoms with E-state index in [1.54, 1.807) is 6.20 Å². The number of halogens is 1. The number of hydrogen-bond donors (Lipinski definition) is 1. The van der Waals surface area contributed by atoms with Gasteiger partial charge in [-0.1, -0.05) is 11.6 Å². The van der Waals surface area contributed by atoms with Crippen LogP contribution in [-0.4, -0.2) is 31.2 Å². The minimum absolute atomic E-state index is 0.606. The van der Waals surface area contributed by atoms with E-state index in [4.69, 9.17) is 11.6 Å². The van der Waals surface area contributed by atoms with E-state index >= 15 is 0 Å². The first-order chi connectivity index (χ1) is 6.88. The molecule has 2 rings (SSSR count). The van der Waals surface area contributed by atoms with Crippen LogP contribution in [0.25, 0.3) is 0 Å². The van der Waals surface area contributed by atoms with Crippen LogP contribution in [0.5, 0.6) is 0 Å². The van der Waals surface area contributed by atoms with E-state index in [0.29, 0.717) is 5.15 Å². The zero-order valence-corrected chi connectivity index (χ0v) is 8.80. The Labute approximate surface area is 89.1 Å². The van der Waals surface area contributed by atoms with Gasteiger partial charge in [-0.3, -0.25) is 0 Å². The summed E-state index contributed by atoms with van der Waals surface area (Å²) >= 11 is 6.04. The average molecular weight is 212 g/mol. The molecular weight excluding hydrogens is 198 g/mol. The Hall–Kier alpha value is -0.800. The van der Waals surface area contributed by atoms with Gasteiger partial charge < -0.3 is 10.2 Å². The maximum Gasteiger partial charge on any atom is 0.152 e. The summed E-state index contributed by atoms with van der Waals surface area (Å²) < 4.78 is 0. The number of nitrogens with one attached hydrogen (secondary N) is 1. The van der Waals surface area contributed by atoms with Crippen molar-refractivity contribution in [3.05, 3.63) is 23.5 Å². The first kappa shape index (κ1) is 9.74. The lowest BCUT2D eigenvalue weighted by Crippen LogP contribution is -2.28. The van der Waals surface area contributed by atoms with Crippen LogP contribution in [0, 0.1) is 0 Å². The van der Waals surface area contributed by atoms with Gasteiger partial charge in [-0.15, -0.1) is 0 Å². The van der Waals surface area contributed by atoms with Crippen molar-refractivity contribution in [2.24, 2.45) is 0 Å². The molecule has 1 aliphatic rings. The van der Waals surface area contributed by atoms with Gasteiger partial charge >= 0.3 is 0 Å². The fourth-order valence-electron chi connectivity index (χ4n) is 1.70. The van der Waals surface area contributed by atoms with Crippen molar-refractivity contribution in [2.45, 2.75) is 6.42 Å². The molecular formula is C10H14ClN3. The van der Waals surface area contributed by atoms with Crippen molar-refractivity contribution in [1.82, 2.24) is 10.3 Å². The molecule has 0 unspecified atom stereocenters. The highest BCUT2D eigenvalue weighted by molar-refractivity contribution is 6.32. The van der Waals surface area contributed by atoms with Crippen molar-refractivity contribution < 1.29 is 0 Å². The molecule has 1 fully saturated rings. The summed E-state index contributed by atoms with van der Waals surface area (Å²) in [5.41, 5.74) is 1.05. The zero-order valence-electron chi connectivity index (χ0n) is 8.04. The molecule has 1 aromatic heterocycles. The molecule has 0 aromatic carbocycles. The minimum Gasteiger partial charge on any atom is -0.368 e. The van der Waals surface area contributed by atoms with Crippen molar-refractivity contribution in [1.29, 1.82) is 0 Å². The predicted octanol–water partition coefficient (Wildman–Crippen LogP) is 1.53. The van der Waals surface area contributed by atoms with Crippen LogP contribution in [0.3, 0.4) is 0 Å². The molecule has 1 saturated heterocycles. The number of nitrogens with zero attached hydrogens (tertiary/aromatic N) is 2. The largest absolute Gasteiger partial charge is 0.368 e. The van der Waals surface area contributed by atoms with Crippen LogP contribution in [0.1, 0.15) is 6.42 Å². The van der Waals surface area contributed by atoms with Crippen LogP contribution in [0.4, 0.5) is 5.69 Å². The van der Waals surface area contributed by atoms with Crippen molar-refractivity contribution >= 4 is 17.3 Å². The fraction of sp³-hybridized carbons (Fsp3) is 0.500. The van der Waals surface area contributed by atoms with Gasteiger partial charge in [-0.05, 0) is 25.1 Å². The number of rotatable bonds is 1. The first-order valence-corrected chi connectivity index (χ1v) is 5.32. The van der Waals surface area contributed by atoms with E-state index in [-0.39, 0.29) is 0 Å². The topological polar surface area (TPSA) is 28.2 Å². The Morgan fingerprint density at radius 2 is 2.29 bits per heavy atom. The van der Waals surface area contributed by atoms with Crippen molar-refractivity contribution in [3.8, 4) is 0 Å². The van der Waals surface area contributed by atoms with Gasteiger partial charge in [-0.25, -0.2) is 4.98 Å². The van der Waals surface area contributed by atoms with Crippen molar-refractivity contribution in [3.63, 3.8) is 0 Å². The van der Waals surface area contributed by atoms with E-state index in [0.717, 1.165) is 38.3 Å². The van der Waals surface area contributed by atoms with Gasteiger partial charge in [0.15, 0.2) is 5.15 Å². The molecule has 1 aromatic rings. The molecule has 3 nitrogen and oxygen atoms in total. The number of pyridine rings is 1. The molecule has 2 heterocycles. The van der Waals surface area contributed by atoms with Gasteiger partial charge in [0.1, 0.15) is 0 Å². The minimum atomic E-state index is 0.606. The zero-order chi connectivity index (χ0) is 9.80. The van der Waals surface area contributed by atoms with E-state index in [9.17, 15) is 0 Å². The molecule has 1 N–H and O–H groups in total. The second kappa shape index (κ2) is 4.62. The lowest BCUT2D eigenvalue weighted by atomic mass is 10.3. The summed E-state index contributed by atoms with van der Waals surface area (Å²) in [4.78, 5) is 6.38. The number of hydrogen-bond acceptors (Lipinski definition) is 3. The maximum atomic E-state index is 6.04. The summed E-state index contributed by atoms with van der Waals surface area (Å²) in [6.45, 7) is 4.17. The molecule has 0 radical (unpaired) electrons. The highest BCUT2D eigenvalue weighted by atomic mass is 35.5. The third kappa shape index (κ3) is 2.16. The molecule has 0 amide bonds. The van der Waals surface area contributed by atoms with Gasteiger partial charge in [0, 0.05) is 25.8 Å². The first-order valence-electron chi connectivity index (χ1n) is 4.94. The molecule has 76 valence electrons. The van der Waals surface area contributed by atoms with E-state index in [1.807, 2.05) is 12.1 Å². The number of anilines is 1. The normalized spacial score (nSPS) is 17.9. The molecule has 0 saturated carbocycles. The lowest BCUT2D eigenvalue weighted by molar-refractivity contribution is 0.724. The quantitative estimate of drug-likeness (QED) is 0.715. The molecule has 4 heteroatoms. The molecule has 14 heavy (non-hydrogen) atoms. The summed E-state index contributed by atoms with van der Waals surface area (Å²) in [6.07, 6.45) is 2.88. The molecule has 0 aliphatic carbocycles. The molecule has 0 bridgehead atoms. The van der Waals surface area contributed by atoms with Crippen LogP contribution in [0.15, 0.2) is 18.3 Å². The number of aromatic nitrogens is 1. The van der Waals surface area contributed by atoms with Crippen LogP contribution in [0.2, 0.25) is 5.15 Å². The van der Waals surface area contributed by atoms with Gasteiger partial charge in [0.05, 0.1) is 5.69 Å². The summed E-state index contributed by atoms with van der Waals surface area (Å²) in [6, 6.07) is 3.96. The Balaban J connectivity index is 2.16. The Morgan fingerprint density at radius 1 is 1.36 bits per heavy atom. The predicted molar refractivity (Wildman–Crippen MR) is 58.9 cm³/mol.